The molecule has 1 aromatic heterocycles. The Labute approximate surface area is 158 Å². The first kappa shape index (κ1) is 18.1. The highest BCUT2D eigenvalue weighted by atomic mass is 19.1. The van der Waals surface area contributed by atoms with Crippen LogP contribution in [0.3, 0.4) is 0 Å². The van der Waals surface area contributed by atoms with Gasteiger partial charge in [-0.05, 0) is 56.5 Å². The quantitative estimate of drug-likeness (QED) is 0.847. The zero-order valence-electron chi connectivity index (χ0n) is 15.5. The summed E-state index contributed by atoms with van der Waals surface area (Å²) in [6, 6.07) is 7.00. The van der Waals surface area contributed by atoms with Crippen LogP contribution in [0.2, 0.25) is 0 Å². The number of aromatic nitrogens is 3. The summed E-state index contributed by atoms with van der Waals surface area (Å²) < 4.78 is 15.1. The number of nitrogens with one attached hydrogen (secondary N) is 2. The highest BCUT2D eigenvalue weighted by Crippen LogP contribution is 2.40. The van der Waals surface area contributed by atoms with Crippen LogP contribution in [0.15, 0.2) is 30.5 Å². The molecule has 2 fully saturated rings. The monoisotopic (exact) mass is 371 g/mol. The van der Waals surface area contributed by atoms with Crippen LogP contribution in [0.1, 0.15) is 60.6 Å². The predicted molar refractivity (Wildman–Crippen MR) is 100 cm³/mol. The SMILES string of the molecule is O=C(NCC1(c2ccc(F)cc2)CCCC1)c1cn(C2CCNCC2)nn1. The lowest BCUT2D eigenvalue weighted by atomic mass is 9.79. The first-order valence-corrected chi connectivity index (χ1v) is 9.83. The number of hydrogen-bond donors (Lipinski definition) is 2. The topological polar surface area (TPSA) is 71.8 Å². The van der Waals surface area contributed by atoms with E-state index in [2.05, 4.69) is 20.9 Å². The standard InChI is InChI=1S/C20H26FN5O/c21-16-5-3-15(4-6-16)20(9-1-2-10-20)14-23-19(27)18-13-26(25-24-18)17-7-11-22-12-8-17/h3-6,13,17,22H,1-2,7-12,14H2,(H,23,27). The Balaban J connectivity index is 1.43. The van der Waals surface area contributed by atoms with E-state index in [9.17, 15) is 9.18 Å². The molecule has 2 aliphatic rings. The Morgan fingerprint density at radius 2 is 1.93 bits per heavy atom. The number of carbonyl (C=O) groups is 1. The van der Waals surface area contributed by atoms with Crippen molar-refractivity contribution in [3.63, 3.8) is 0 Å². The van der Waals surface area contributed by atoms with Crippen LogP contribution in [-0.4, -0.2) is 40.5 Å². The van der Waals surface area contributed by atoms with E-state index >= 15 is 0 Å². The van der Waals surface area contributed by atoms with Crippen molar-refractivity contribution in [3.8, 4) is 0 Å². The minimum absolute atomic E-state index is 0.117. The lowest BCUT2D eigenvalue weighted by Gasteiger charge is -2.30. The summed E-state index contributed by atoms with van der Waals surface area (Å²) in [6.07, 6.45) is 8.00. The van der Waals surface area contributed by atoms with E-state index in [1.807, 2.05) is 16.8 Å². The van der Waals surface area contributed by atoms with Gasteiger partial charge in [0.05, 0.1) is 12.2 Å². The maximum absolute atomic E-state index is 13.3. The lowest BCUT2D eigenvalue weighted by Crippen LogP contribution is -2.39. The normalized spacial score (nSPS) is 19.9. The van der Waals surface area contributed by atoms with Gasteiger partial charge in [-0.25, -0.2) is 9.07 Å². The van der Waals surface area contributed by atoms with E-state index < -0.39 is 0 Å². The van der Waals surface area contributed by atoms with Gasteiger partial charge in [-0.3, -0.25) is 4.79 Å². The van der Waals surface area contributed by atoms with Crippen LogP contribution >= 0.6 is 0 Å². The average Bonchev–Trinajstić information content (AvgIpc) is 3.38. The number of piperidine rings is 1. The number of hydrogen-bond acceptors (Lipinski definition) is 4. The maximum Gasteiger partial charge on any atom is 0.273 e. The number of amides is 1. The molecule has 0 spiro atoms. The minimum atomic E-state index is -0.231. The fraction of sp³-hybridized carbons (Fsp3) is 0.550. The molecule has 0 radical (unpaired) electrons. The molecule has 1 aromatic carbocycles. The molecule has 27 heavy (non-hydrogen) atoms. The Bertz CT molecular complexity index is 776. The summed E-state index contributed by atoms with van der Waals surface area (Å²) in [5, 5.41) is 14.6. The van der Waals surface area contributed by atoms with E-state index in [1.54, 1.807) is 6.20 Å². The summed E-state index contributed by atoms with van der Waals surface area (Å²) >= 11 is 0. The van der Waals surface area contributed by atoms with Crippen molar-refractivity contribution >= 4 is 5.91 Å². The third-order valence-electron chi connectivity index (χ3n) is 6.03. The van der Waals surface area contributed by atoms with Crippen molar-refractivity contribution in [2.75, 3.05) is 19.6 Å². The zero-order valence-corrected chi connectivity index (χ0v) is 15.5. The second-order valence-electron chi connectivity index (χ2n) is 7.74. The van der Waals surface area contributed by atoms with Crippen molar-refractivity contribution in [3.05, 3.63) is 47.5 Å². The average molecular weight is 371 g/mol. The van der Waals surface area contributed by atoms with Gasteiger partial charge >= 0.3 is 0 Å². The van der Waals surface area contributed by atoms with Gasteiger partial charge in [-0.15, -0.1) is 5.10 Å². The number of benzene rings is 1. The number of rotatable bonds is 5. The van der Waals surface area contributed by atoms with E-state index in [1.165, 1.54) is 12.1 Å². The molecule has 2 N–H and O–H groups in total. The van der Waals surface area contributed by atoms with Crippen LogP contribution in [0.4, 0.5) is 4.39 Å². The van der Waals surface area contributed by atoms with Crippen LogP contribution in [0, 0.1) is 5.82 Å². The second-order valence-corrected chi connectivity index (χ2v) is 7.74. The van der Waals surface area contributed by atoms with Gasteiger partial charge in [0, 0.05) is 12.0 Å². The predicted octanol–water partition coefficient (Wildman–Crippen LogP) is 2.58. The van der Waals surface area contributed by atoms with Gasteiger partial charge < -0.3 is 10.6 Å². The van der Waals surface area contributed by atoms with Crippen LogP contribution in [0.5, 0.6) is 0 Å². The van der Waals surface area contributed by atoms with Crippen molar-refractivity contribution in [2.45, 2.75) is 50.0 Å². The molecule has 1 saturated carbocycles. The minimum Gasteiger partial charge on any atom is -0.350 e. The zero-order chi connectivity index (χ0) is 18.7. The van der Waals surface area contributed by atoms with Gasteiger partial charge in [0.1, 0.15) is 5.82 Å². The van der Waals surface area contributed by atoms with Gasteiger partial charge in [-0.2, -0.15) is 0 Å². The summed E-state index contributed by atoms with van der Waals surface area (Å²) in [5.41, 5.74) is 1.34. The molecule has 1 amide bonds. The number of nitrogens with zero attached hydrogens (tertiary/aromatic N) is 3. The molecule has 1 aliphatic heterocycles. The molecule has 2 heterocycles. The van der Waals surface area contributed by atoms with Crippen molar-refractivity contribution in [1.29, 1.82) is 0 Å². The molecular formula is C20H26FN5O. The van der Waals surface area contributed by atoms with Crippen molar-refractivity contribution < 1.29 is 9.18 Å². The number of carbonyl (C=O) groups excluding carboxylic acids is 1. The molecule has 0 atom stereocenters. The van der Waals surface area contributed by atoms with Gasteiger partial charge in [-0.1, -0.05) is 30.2 Å². The summed E-state index contributed by atoms with van der Waals surface area (Å²) in [4.78, 5) is 12.6. The third-order valence-corrected chi connectivity index (χ3v) is 6.03. The summed E-state index contributed by atoms with van der Waals surface area (Å²) in [7, 11) is 0. The molecule has 2 aromatic rings. The van der Waals surface area contributed by atoms with Crippen LogP contribution in [-0.2, 0) is 5.41 Å². The van der Waals surface area contributed by atoms with Crippen molar-refractivity contribution in [1.82, 2.24) is 25.6 Å². The molecule has 6 nitrogen and oxygen atoms in total. The largest absolute Gasteiger partial charge is 0.350 e. The summed E-state index contributed by atoms with van der Waals surface area (Å²) in [5.74, 6) is -0.422. The Hall–Kier alpha value is -2.28. The molecule has 4 rings (SSSR count). The fourth-order valence-electron chi connectivity index (χ4n) is 4.39. The number of halogens is 1. The van der Waals surface area contributed by atoms with Crippen LogP contribution < -0.4 is 10.6 Å². The van der Waals surface area contributed by atoms with E-state index in [0.29, 0.717) is 18.3 Å². The highest BCUT2D eigenvalue weighted by molar-refractivity contribution is 5.91. The lowest BCUT2D eigenvalue weighted by molar-refractivity contribution is 0.0938. The molecule has 0 unspecified atom stereocenters. The summed E-state index contributed by atoms with van der Waals surface area (Å²) in [6.45, 7) is 2.47. The maximum atomic E-state index is 13.3. The van der Waals surface area contributed by atoms with Gasteiger partial charge in [0.15, 0.2) is 5.69 Å². The van der Waals surface area contributed by atoms with Crippen molar-refractivity contribution in [2.24, 2.45) is 0 Å². The second kappa shape index (κ2) is 7.76. The van der Waals surface area contributed by atoms with E-state index in [0.717, 1.165) is 57.2 Å². The first-order chi connectivity index (χ1) is 13.2. The van der Waals surface area contributed by atoms with E-state index in [4.69, 9.17) is 0 Å². The molecule has 7 heteroatoms. The Morgan fingerprint density at radius 1 is 1.22 bits per heavy atom. The van der Waals surface area contributed by atoms with Gasteiger partial charge in [0.25, 0.3) is 5.91 Å². The molecule has 1 aliphatic carbocycles. The Kier molecular flexibility index (Phi) is 5.20. The first-order valence-electron chi connectivity index (χ1n) is 9.83. The van der Waals surface area contributed by atoms with Gasteiger partial charge in [0.2, 0.25) is 0 Å². The smallest absolute Gasteiger partial charge is 0.273 e. The fourth-order valence-corrected chi connectivity index (χ4v) is 4.39. The molecule has 144 valence electrons. The molecule has 0 bridgehead atoms. The van der Waals surface area contributed by atoms with Crippen LogP contribution in [0.25, 0.3) is 0 Å². The highest BCUT2D eigenvalue weighted by Gasteiger charge is 2.36. The molecule has 1 saturated heterocycles. The molecular weight excluding hydrogens is 345 g/mol. The third kappa shape index (κ3) is 3.88. The Morgan fingerprint density at radius 3 is 2.63 bits per heavy atom. The van der Waals surface area contributed by atoms with E-state index in [-0.39, 0.29) is 17.1 Å².